The molecule has 0 spiro atoms. The van der Waals surface area contributed by atoms with Crippen molar-refractivity contribution in [3.63, 3.8) is 0 Å². The lowest BCUT2D eigenvalue weighted by atomic mass is 9.90. The lowest BCUT2D eigenvalue weighted by molar-refractivity contribution is 0.176. The topological polar surface area (TPSA) is 73.9 Å². The number of fused-ring (bicyclic) bond motifs is 3. The number of hydrogen-bond donors (Lipinski definition) is 1. The Morgan fingerprint density at radius 2 is 1.86 bits per heavy atom. The number of rotatable bonds is 5. The maximum absolute atomic E-state index is 13.3. The summed E-state index contributed by atoms with van der Waals surface area (Å²) in [6.07, 6.45) is 0.993. The van der Waals surface area contributed by atoms with Crippen LogP contribution >= 0.6 is 12.4 Å². The predicted octanol–water partition coefficient (Wildman–Crippen LogP) is 3.57. The maximum atomic E-state index is 13.3. The molecule has 2 aromatic carbocycles. The molecule has 2 unspecified atom stereocenters. The molecule has 0 amide bonds. The van der Waals surface area contributed by atoms with Gasteiger partial charge < -0.3 is 19.5 Å². The minimum absolute atomic E-state index is 0. The van der Waals surface area contributed by atoms with E-state index in [4.69, 9.17) is 14.2 Å². The SMILES string of the molecule is COc1cc(OC(C)C)cc(S(=O)(=O)c2ccc3c(c2)OC2CNCCC32)c1.Cl. The van der Waals surface area contributed by atoms with Crippen molar-refractivity contribution in [2.75, 3.05) is 20.2 Å². The van der Waals surface area contributed by atoms with Gasteiger partial charge in [0, 0.05) is 24.1 Å². The molecule has 0 saturated carbocycles. The fourth-order valence-electron chi connectivity index (χ4n) is 3.86. The molecule has 0 bridgehead atoms. The summed E-state index contributed by atoms with van der Waals surface area (Å²) in [7, 11) is -2.24. The molecule has 2 atom stereocenters. The van der Waals surface area contributed by atoms with Gasteiger partial charge in [0.2, 0.25) is 9.84 Å². The third kappa shape index (κ3) is 4.17. The molecule has 1 saturated heterocycles. The van der Waals surface area contributed by atoms with E-state index in [2.05, 4.69) is 5.32 Å². The molecule has 2 aromatic rings. The van der Waals surface area contributed by atoms with Gasteiger partial charge in [0.05, 0.1) is 23.0 Å². The molecule has 0 aliphatic carbocycles. The summed E-state index contributed by atoms with van der Waals surface area (Å²) >= 11 is 0. The number of sulfone groups is 1. The Labute approximate surface area is 177 Å². The molecular formula is C21H26ClNO5S. The molecule has 29 heavy (non-hydrogen) atoms. The summed E-state index contributed by atoms with van der Waals surface area (Å²) in [5.74, 6) is 1.89. The van der Waals surface area contributed by atoms with Crippen molar-refractivity contribution < 1.29 is 22.6 Å². The van der Waals surface area contributed by atoms with Crippen molar-refractivity contribution in [2.45, 2.75) is 48.2 Å². The van der Waals surface area contributed by atoms with Crippen LogP contribution in [0.15, 0.2) is 46.2 Å². The molecule has 0 aromatic heterocycles. The van der Waals surface area contributed by atoms with E-state index in [0.29, 0.717) is 23.2 Å². The van der Waals surface area contributed by atoms with Crippen LogP contribution in [-0.4, -0.2) is 40.8 Å². The Kier molecular flexibility index (Phi) is 6.31. The Morgan fingerprint density at radius 3 is 2.59 bits per heavy atom. The summed E-state index contributed by atoms with van der Waals surface area (Å²) in [5, 5.41) is 3.33. The normalized spacial score (nSPS) is 20.3. The summed E-state index contributed by atoms with van der Waals surface area (Å²) < 4.78 is 43.5. The van der Waals surface area contributed by atoms with E-state index in [1.807, 2.05) is 19.9 Å². The highest BCUT2D eigenvalue weighted by Gasteiger charge is 2.37. The second-order valence-electron chi connectivity index (χ2n) is 7.47. The number of nitrogens with one attached hydrogen (secondary N) is 1. The third-order valence-corrected chi connectivity index (χ3v) is 6.90. The lowest BCUT2D eigenvalue weighted by Gasteiger charge is -2.24. The zero-order chi connectivity index (χ0) is 19.9. The van der Waals surface area contributed by atoms with Gasteiger partial charge >= 0.3 is 0 Å². The summed E-state index contributed by atoms with van der Waals surface area (Å²) in [4.78, 5) is 0.348. The van der Waals surface area contributed by atoms with Crippen molar-refractivity contribution in [3.05, 3.63) is 42.0 Å². The molecule has 2 aliphatic heterocycles. The highest BCUT2D eigenvalue weighted by molar-refractivity contribution is 7.91. The number of halogens is 1. The maximum Gasteiger partial charge on any atom is 0.207 e. The largest absolute Gasteiger partial charge is 0.497 e. The predicted molar refractivity (Wildman–Crippen MR) is 113 cm³/mol. The standard InChI is InChI=1S/C21H25NO5S.ClH/c1-13(2)26-15-8-14(25-3)9-17(10-15)28(23,24)16-4-5-18-19-6-7-22-12-21(19)27-20(18)11-16;/h4-5,8-11,13,19,21-22H,6-7,12H2,1-3H3;1H. The molecule has 4 rings (SSSR count). The molecular weight excluding hydrogens is 414 g/mol. The van der Waals surface area contributed by atoms with E-state index in [9.17, 15) is 8.42 Å². The monoisotopic (exact) mass is 439 g/mol. The van der Waals surface area contributed by atoms with E-state index >= 15 is 0 Å². The number of ether oxygens (including phenoxy) is 3. The Hall–Kier alpha value is -1.96. The first-order valence-electron chi connectivity index (χ1n) is 9.50. The van der Waals surface area contributed by atoms with E-state index in [1.54, 1.807) is 18.2 Å². The van der Waals surface area contributed by atoms with E-state index in [1.165, 1.54) is 19.2 Å². The van der Waals surface area contributed by atoms with Crippen molar-refractivity contribution in [1.29, 1.82) is 0 Å². The van der Waals surface area contributed by atoms with Crippen molar-refractivity contribution >= 4 is 22.2 Å². The lowest BCUT2D eigenvalue weighted by Crippen LogP contribution is -2.39. The second-order valence-corrected chi connectivity index (χ2v) is 9.42. The van der Waals surface area contributed by atoms with Crippen LogP contribution in [0, 0.1) is 0 Å². The minimum Gasteiger partial charge on any atom is -0.497 e. The van der Waals surface area contributed by atoms with Gasteiger partial charge in [-0.1, -0.05) is 6.07 Å². The summed E-state index contributed by atoms with van der Waals surface area (Å²) in [6, 6.07) is 9.94. The molecule has 1 fully saturated rings. The van der Waals surface area contributed by atoms with E-state index < -0.39 is 9.84 Å². The van der Waals surface area contributed by atoms with Crippen LogP contribution in [0.25, 0.3) is 0 Å². The Morgan fingerprint density at radius 1 is 1.10 bits per heavy atom. The van der Waals surface area contributed by atoms with Gasteiger partial charge in [-0.25, -0.2) is 8.42 Å². The molecule has 2 heterocycles. The van der Waals surface area contributed by atoms with Crippen LogP contribution in [0.1, 0.15) is 31.7 Å². The zero-order valence-electron chi connectivity index (χ0n) is 16.7. The molecule has 0 radical (unpaired) electrons. The number of benzene rings is 2. The van der Waals surface area contributed by atoms with Crippen LogP contribution in [0.5, 0.6) is 17.2 Å². The quantitative estimate of drug-likeness (QED) is 0.767. The van der Waals surface area contributed by atoms with Crippen LogP contribution in [0.2, 0.25) is 0 Å². The van der Waals surface area contributed by atoms with Crippen LogP contribution < -0.4 is 19.5 Å². The number of piperidine rings is 1. The third-order valence-electron chi connectivity index (χ3n) is 5.17. The number of methoxy groups -OCH3 is 1. The van der Waals surface area contributed by atoms with Crippen LogP contribution in [-0.2, 0) is 9.84 Å². The fraction of sp³-hybridized carbons (Fsp3) is 0.429. The van der Waals surface area contributed by atoms with Gasteiger partial charge in [-0.3, -0.25) is 0 Å². The fourth-order valence-corrected chi connectivity index (χ4v) is 5.18. The zero-order valence-corrected chi connectivity index (χ0v) is 18.3. The van der Waals surface area contributed by atoms with E-state index in [-0.39, 0.29) is 34.4 Å². The molecule has 1 N–H and O–H groups in total. The smallest absolute Gasteiger partial charge is 0.207 e. The Balaban J connectivity index is 0.00000240. The van der Waals surface area contributed by atoms with Crippen LogP contribution in [0.3, 0.4) is 0 Å². The summed E-state index contributed by atoms with van der Waals surface area (Å²) in [6.45, 7) is 5.51. The first-order valence-corrected chi connectivity index (χ1v) is 11.0. The average Bonchev–Trinajstić information content (AvgIpc) is 3.05. The first kappa shape index (κ1) is 21.7. The molecule has 158 valence electrons. The molecule has 2 aliphatic rings. The average molecular weight is 440 g/mol. The Bertz CT molecular complexity index is 993. The van der Waals surface area contributed by atoms with Crippen molar-refractivity contribution in [3.8, 4) is 17.2 Å². The second kappa shape index (κ2) is 8.42. The minimum atomic E-state index is -3.74. The van der Waals surface area contributed by atoms with Crippen LogP contribution in [0.4, 0.5) is 0 Å². The van der Waals surface area contributed by atoms with Gasteiger partial charge in [0.1, 0.15) is 23.4 Å². The van der Waals surface area contributed by atoms with Gasteiger partial charge in [-0.05, 0) is 51.1 Å². The molecule has 6 nitrogen and oxygen atoms in total. The molecule has 8 heteroatoms. The number of hydrogen-bond acceptors (Lipinski definition) is 6. The van der Waals surface area contributed by atoms with Gasteiger partial charge in [0.15, 0.2) is 0 Å². The van der Waals surface area contributed by atoms with Gasteiger partial charge in [0.25, 0.3) is 0 Å². The highest BCUT2D eigenvalue weighted by atomic mass is 35.5. The van der Waals surface area contributed by atoms with Crippen molar-refractivity contribution in [1.82, 2.24) is 5.32 Å². The first-order chi connectivity index (χ1) is 13.4. The van der Waals surface area contributed by atoms with Gasteiger partial charge in [-0.2, -0.15) is 0 Å². The van der Waals surface area contributed by atoms with Crippen molar-refractivity contribution in [2.24, 2.45) is 0 Å². The highest BCUT2D eigenvalue weighted by Crippen LogP contribution is 2.43. The summed E-state index contributed by atoms with van der Waals surface area (Å²) in [5.41, 5.74) is 1.10. The van der Waals surface area contributed by atoms with Gasteiger partial charge in [-0.15, -0.1) is 12.4 Å². The van der Waals surface area contributed by atoms with E-state index in [0.717, 1.165) is 25.1 Å².